The van der Waals surface area contributed by atoms with E-state index in [0.717, 1.165) is 20.8 Å². The highest BCUT2D eigenvalue weighted by molar-refractivity contribution is 9.10. The summed E-state index contributed by atoms with van der Waals surface area (Å²) in [7, 11) is 0. The molecule has 0 bridgehead atoms. The number of thiophene rings is 1. The van der Waals surface area contributed by atoms with Crippen molar-refractivity contribution in [3.05, 3.63) is 21.7 Å². The summed E-state index contributed by atoms with van der Waals surface area (Å²) in [5, 5.41) is 2.02. The van der Waals surface area contributed by atoms with Crippen LogP contribution < -0.4 is 5.73 Å². The lowest BCUT2D eigenvalue weighted by Gasteiger charge is -2.00. The Labute approximate surface area is 100 Å². The van der Waals surface area contributed by atoms with Crippen LogP contribution in [0.3, 0.4) is 0 Å². The minimum Gasteiger partial charge on any atom is -0.428 e. The van der Waals surface area contributed by atoms with Gasteiger partial charge < -0.3 is 10.2 Å². The van der Waals surface area contributed by atoms with Crippen LogP contribution in [0.15, 0.2) is 20.3 Å². The van der Waals surface area contributed by atoms with Crippen molar-refractivity contribution in [1.82, 2.24) is 4.98 Å². The molecule has 0 aliphatic carbocycles. The first-order valence-corrected chi connectivity index (χ1v) is 6.25. The SMILES string of the molecule is CC(C)c1oc(N)nc1-c1cc(Br)cs1. The fourth-order valence-corrected chi connectivity index (χ4v) is 2.78. The van der Waals surface area contributed by atoms with Gasteiger partial charge in [-0.05, 0) is 22.0 Å². The van der Waals surface area contributed by atoms with Gasteiger partial charge >= 0.3 is 0 Å². The molecule has 2 rings (SSSR count). The molecule has 80 valence electrons. The molecule has 0 unspecified atom stereocenters. The first-order chi connectivity index (χ1) is 7.08. The molecule has 5 heteroatoms. The average molecular weight is 287 g/mol. The molecule has 0 saturated heterocycles. The molecular weight excluding hydrogens is 276 g/mol. The van der Waals surface area contributed by atoms with Crippen molar-refractivity contribution < 1.29 is 4.42 Å². The van der Waals surface area contributed by atoms with Crippen LogP contribution in [0.4, 0.5) is 6.01 Å². The van der Waals surface area contributed by atoms with Crippen molar-refractivity contribution in [3.63, 3.8) is 0 Å². The van der Waals surface area contributed by atoms with Crippen LogP contribution in [0, 0.1) is 0 Å². The maximum Gasteiger partial charge on any atom is 0.292 e. The highest BCUT2D eigenvalue weighted by atomic mass is 79.9. The van der Waals surface area contributed by atoms with Crippen molar-refractivity contribution in [2.75, 3.05) is 5.73 Å². The van der Waals surface area contributed by atoms with Gasteiger partial charge in [-0.2, -0.15) is 4.98 Å². The molecule has 0 aliphatic rings. The van der Waals surface area contributed by atoms with Crippen LogP contribution in [0.1, 0.15) is 25.5 Å². The number of nitrogens with two attached hydrogens (primary N) is 1. The van der Waals surface area contributed by atoms with E-state index in [1.165, 1.54) is 0 Å². The van der Waals surface area contributed by atoms with E-state index in [1.807, 2.05) is 11.4 Å². The van der Waals surface area contributed by atoms with Crippen molar-refractivity contribution in [2.45, 2.75) is 19.8 Å². The minimum absolute atomic E-state index is 0.234. The molecule has 0 saturated carbocycles. The predicted molar refractivity (Wildman–Crippen MR) is 66.0 cm³/mol. The summed E-state index contributed by atoms with van der Waals surface area (Å²) in [6.45, 7) is 4.12. The molecule has 2 aromatic heterocycles. The van der Waals surface area contributed by atoms with Crippen LogP contribution in [-0.2, 0) is 0 Å². The second kappa shape index (κ2) is 3.98. The van der Waals surface area contributed by atoms with Gasteiger partial charge in [-0.1, -0.05) is 13.8 Å². The monoisotopic (exact) mass is 286 g/mol. The van der Waals surface area contributed by atoms with E-state index in [4.69, 9.17) is 10.2 Å². The molecule has 0 aromatic carbocycles. The summed E-state index contributed by atoms with van der Waals surface area (Å²) < 4.78 is 6.45. The third-order valence-corrected chi connectivity index (χ3v) is 3.69. The number of hydrogen-bond acceptors (Lipinski definition) is 4. The fraction of sp³-hybridized carbons (Fsp3) is 0.300. The molecule has 15 heavy (non-hydrogen) atoms. The summed E-state index contributed by atoms with van der Waals surface area (Å²) in [6.07, 6.45) is 0. The molecule has 0 fully saturated rings. The number of nitrogen functional groups attached to an aromatic ring is 1. The lowest BCUT2D eigenvalue weighted by molar-refractivity contribution is 0.501. The van der Waals surface area contributed by atoms with E-state index in [1.54, 1.807) is 11.3 Å². The molecular formula is C10H11BrN2OS. The zero-order valence-corrected chi connectivity index (χ0v) is 10.9. The lowest BCUT2D eigenvalue weighted by Crippen LogP contribution is -1.86. The number of rotatable bonds is 2. The molecule has 3 nitrogen and oxygen atoms in total. The Bertz CT molecular complexity index is 475. The number of halogens is 1. The number of anilines is 1. The average Bonchev–Trinajstić information content (AvgIpc) is 2.71. The standard InChI is InChI=1S/C10H11BrN2OS/c1-5(2)9-8(13-10(12)14-9)7-3-6(11)4-15-7/h3-5H,1-2H3,(H2,12,13). The minimum atomic E-state index is 0.234. The maximum absolute atomic E-state index is 5.58. The van der Waals surface area contributed by atoms with Gasteiger partial charge in [0.15, 0.2) is 0 Å². The van der Waals surface area contributed by atoms with Gasteiger partial charge in [0.05, 0.1) is 4.88 Å². The number of hydrogen-bond donors (Lipinski definition) is 1. The van der Waals surface area contributed by atoms with Crippen molar-refractivity contribution in [1.29, 1.82) is 0 Å². The van der Waals surface area contributed by atoms with E-state index in [9.17, 15) is 0 Å². The van der Waals surface area contributed by atoms with Crippen LogP contribution in [-0.4, -0.2) is 4.98 Å². The Morgan fingerprint density at radius 2 is 2.27 bits per heavy atom. The first kappa shape index (κ1) is 10.7. The van der Waals surface area contributed by atoms with Gasteiger partial charge in [-0.3, -0.25) is 0 Å². The predicted octanol–water partition coefficient (Wildman–Crippen LogP) is 3.87. The number of nitrogens with zero attached hydrogens (tertiary/aromatic N) is 1. The Kier molecular flexibility index (Phi) is 2.84. The second-order valence-corrected chi connectivity index (χ2v) is 5.38. The Hall–Kier alpha value is -0.810. The highest BCUT2D eigenvalue weighted by Crippen LogP contribution is 2.35. The fourth-order valence-electron chi connectivity index (χ4n) is 1.35. The largest absolute Gasteiger partial charge is 0.428 e. The summed E-state index contributed by atoms with van der Waals surface area (Å²) in [5.74, 6) is 1.13. The van der Waals surface area contributed by atoms with E-state index >= 15 is 0 Å². The summed E-state index contributed by atoms with van der Waals surface area (Å²) in [6, 6.07) is 2.26. The van der Waals surface area contributed by atoms with E-state index in [0.29, 0.717) is 0 Å². The van der Waals surface area contributed by atoms with Gasteiger partial charge in [0.1, 0.15) is 11.5 Å². The van der Waals surface area contributed by atoms with Crippen LogP contribution in [0.25, 0.3) is 10.6 Å². The van der Waals surface area contributed by atoms with Gasteiger partial charge in [0.25, 0.3) is 6.01 Å². The zero-order chi connectivity index (χ0) is 11.0. The Balaban J connectivity index is 2.52. The topological polar surface area (TPSA) is 52.0 Å². The van der Waals surface area contributed by atoms with Crippen LogP contribution >= 0.6 is 27.3 Å². The van der Waals surface area contributed by atoms with Crippen molar-refractivity contribution in [3.8, 4) is 10.6 Å². The maximum atomic E-state index is 5.58. The van der Waals surface area contributed by atoms with Gasteiger partial charge in [-0.15, -0.1) is 11.3 Å². The number of oxazole rings is 1. The summed E-state index contributed by atoms with van der Waals surface area (Å²) in [4.78, 5) is 5.29. The molecule has 2 heterocycles. The van der Waals surface area contributed by atoms with Gasteiger partial charge in [-0.25, -0.2) is 0 Å². The third kappa shape index (κ3) is 2.08. The molecule has 2 aromatic rings. The molecule has 0 radical (unpaired) electrons. The molecule has 2 N–H and O–H groups in total. The van der Waals surface area contributed by atoms with E-state index in [-0.39, 0.29) is 11.9 Å². The molecule has 0 aliphatic heterocycles. The molecule has 0 spiro atoms. The van der Waals surface area contributed by atoms with Gasteiger partial charge in [0, 0.05) is 15.8 Å². The molecule has 0 amide bonds. The highest BCUT2D eigenvalue weighted by Gasteiger charge is 2.17. The summed E-state index contributed by atoms with van der Waals surface area (Å²) in [5.41, 5.74) is 6.44. The zero-order valence-electron chi connectivity index (χ0n) is 8.45. The Morgan fingerprint density at radius 1 is 1.53 bits per heavy atom. The van der Waals surface area contributed by atoms with Crippen LogP contribution in [0.2, 0.25) is 0 Å². The smallest absolute Gasteiger partial charge is 0.292 e. The normalized spacial score (nSPS) is 11.2. The summed E-state index contributed by atoms with van der Waals surface area (Å²) >= 11 is 5.04. The van der Waals surface area contributed by atoms with Gasteiger partial charge in [0.2, 0.25) is 0 Å². The lowest BCUT2D eigenvalue weighted by atomic mass is 10.1. The van der Waals surface area contributed by atoms with E-state index < -0.39 is 0 Å². The quantitative estimate of drug-likeness (QED) is 0.912. The number of aromatic nitrogens is 1. The Morgan fingerprint density at radius 3 is 2.80 bits per heavy atom. The first-order valence-electron chi connectivity index (χ1n) is 4.58. The van der Waals surface area contributed by atoms with Crippen molar-refractivity contribution >= 4 is 33.3 Å². The second-order valence-electron chi connectivity index (χ2n) is 3.55. The third-order valence-electron chi connectivity index (χ3n) is 2.00. The van der Waals surface area contributed by atoms with Crippen molar-refractivity contribution in [2.24, 2.45) is 0 Å². The van der Waals surface area contributed by atoms with E-state index in [2.05, 4.69) is 34.8 Å². The van der Waals surface area contributed by atoms with Crippen LogP contribution in [0.5, 0.6) is 0 Å². The molecule has 0 atom stereocenters.